The SMILES string of the molecule is O=C(NO)c1cnc2c(c1)CCN(C1CC[C@]13CCCN(C1CC1)C3)C2. The Bertz CT molecular complexity index is 720. The van der Waals surface area contributed by atoms with Crippen molar-refractivity contribution in [1.82, 2.24) is 20.3 Å². The van der Waals surface area contributed by atoms with Crippen LogP contribution < -0.4 is 5.48 Å². The molecule has 2 N–H and O–H groups in total. The summed E-state index contributed by atoms with van der Waals surface area (Å²) in [4.78, 5) is 21.6. The van der Waals surface area contributed by atoms with E-state index in [0.717, 1.165) is 36.8 Å². The van der Waals surface area contributed by atoms with E-state index >= 15 is 0 Å². The molecule has 5 rings (SSSR count). The highest BCUT2D eigenvalue weighted by atomic mass is 16.5. The molecule has 1 saturated heterocycles. The zero-order valence-corrected chi connectivity index (χ0v) is 15.3. The summed E-state index contributed by atoms with van der Waals surface area (Å²) in [5, 5.41) is 8.81. The molecule has 3 heterocycles. The molecule has 1 spiro atoms. The smallest absolute Gasteiger partial charge is 0.276 e. The fraction of sp³-hybridized carbons (Fsp3) is 0.700. The van der Waals surface area contributed by atoms with Crippen LogP contribution in [-0.4, -0.2) is 57.6 Å². The van der Waals surface area contributed by atoms with Crippen LogP contribution in [0.1, 0.15) is 60.1 Å². The van der Waals surface area contributed by atoms with Gasteiger partial charge in [0.05, 0.1) is 11.3 Å². The van der Waals surface area contributed by atoms with Crippen LogP contribution in [-0.2, 0) is 13.0 Å². The third kappa shape index (κ3) is 2.75. The zero-order chi connectivity index (χ0) is 17.7. The van der Waals surface area contributed by atoms with Crippen molar-refractivity contribution in [3.8, 4) is 0 Å². The first-order chi connectivity index (χ1) is 12.7. The Morgan fingerprint density at radius 1 is 1.23 bits per heavy atom. The zero-order valence-electron chi connectivity index (χ0n) is 15.3. The molecule has 0 bridgehead atoms. The van der Waals surface area contributed by atoms with Gasteiger partial charge >= 0.3 is 0 Å². The molecule has 3 fully saturated rings. The fourth-order valence-corrected chi connectivity index (χ4v) is 5.56. The number of hydrogen-bond donors (Lipinski definition) is 2. The first kappa shape index (κ1) is 16.7. The molecule has 26 heavy (non-hydrogen) atoms. The maximum atomic E-state index is 11.6. The van der Waals surface area contributed by atoms with Gasteiger partial charge in [0.1, 0.15) is 0 Å². The lowest BCUT2D eigenvalue weighted by atomic mass is 9.59. The van der Waals surface area contributed by atoms with E-state index in [9.17, 15) is 4.79 Å². The van der Waals surface area contributed by atoms with E-state index in [0.29, 0.717) is 17.0 Å². The average Bonchev–Trinajstić information content (AvgIpc) is 3.51. The van der Waals surface area contributed by atoms with Gasteiger partial charge in [-0.25, -0.2) is 5.48 Å². The van der Waals surface area contributed by atoms with E-state index in [1.807, 2.05) is 6.07 Å². The predicted octanol–water partition coefficient (Wildman–Crippen LogP) is 1.97. The standard InChI is InChI=1S/C20H28N4O2/c25-19(22-26)15-10-14-5-9-23(12-17(14)21-11-15)18-4-7-20(18)6-1-8-24(13-20)16-2-3-16/h10-11,16,18,26H,1-9,12-13H2,(H,22,25)/t18?,20-/m0/s1. The number of fused-ring (bicyclic) bond motifs is 1. The minimum absolute atomic E-state index is 0.437. The summed E-state index contributed by atoms with van der Waals surface area (Å²) in [6.45, 7) is 4.55. The maximum Gasteiger partial charge on any atom is 0.276 e. The number of pyridine rings is 1. The number of piperidine rings is 1. The van der Waals surface area contributed by atoms with Gasteiger partial charge in [-0.1, -0.05) is 0 Å². The number of aromatic nitrogens is 1. The molecule has 4 aliphatic rings. The van der Waals surface area contributed by atoms with E-state index in [1.165, 1.54) is 51.6 Å². The molecule has 0 aromatic carbocycles. The first-order valence-corrected chi connectivity index (χ1v) is 10.1. The largest absolute Gasteiger partial charge is 0.300 e. The Balaban J connectivity index is 1.30. The number of rotatable bonds is 3. The summed E-state index contributed by atoms with van der Waals surface area (Å²) in [7, 11) is 0. The molecule has 6 heteroatoms. The molecular weight excluding hydrogens is 328 g/mol. The third-order valence-corrected chi connectivity index (χ3v) is 7.21. The summed E-state index contributed by atoms with van der Waals surface area (Å²) >= 11 is 0. The van der Waals surface area contributed by atoms with Gasteiger partial charge in [0.25, 0.3) is 5.91 Å². The Hall–Kier alpha value is -1.50. The average molecular weight is 356 g/mol. The van der Waals surface area contributed by atoms with Gasteiger partial charge < -0.3 is 0 Å². The molecular formula is C20H28N4O2. The van der Waals surface area contributed by atoms with Crippen molar-refractivity contribution in [2.24, 2.45) is 5.41 Å². The summed E-state index contributed by atoms with van der Waals surface area (Å²) in [5.74, 6) is -0.483. The van der Waals surface area contributed by atoms with Crippen molar-refractivity contribution in [1.29, 1.82) is 0 Å². The van der Waals surface area contributed by atoms with Crippen LogP contribution in [0.25, 0.3) is 0 Å². The Labute approximate surface area is 154 Å². The van der Waals surface area contributed by atoms with Crippen LogP contribution in [0.2, 0.25) is 0 Å². The molecule has 140 valence electrons. The van der Waals surface area contributed by atoms with Crippen LogP contribution in [0.4, 0.5) is 0 Å². The molecule has 2 aliphatic carbocycles. The number of carbonyl (C=O) groups excluding carboxylic acids is 1. The highest BCUT2D eigenvalue weighted by molar-refractivity contribution is 5.93. The van der Waals surface area contributed by atoms with Crippen molar-refractivity contribution in [2.75, 3.05) is 19.6 Å². The topological polar surface area (TPSA) is 68.7 Å². The van der Waals surface area contributed by atoms with Crippen molar-refractivity contribution >= 4 is 5.91 Å². The molecule has 6 nitrogen and oxygen atoms in total. The predicted molar refractivity (Wildman–Crippen MR) is 96.9 cm³/mol. The van der Waals surface area contributed by atoms with Crippen LogP contribution in [0.3, 0.4) is 0 Å². The van der Waals surface area contributed by atoms with Gasteiger partial charge in [-0.15, -0.1) is 0 Å². The van der Waals surface area contributed by atoms with Gasteiger partial charge in [0, 0.05) is 37.9 Å². The Morgan fingerprint density at radius 3 is 2.85 bits per heavy atom. The highest BCUT2D eigenvalue weighted by Crippen LogP contribution is 2.52. The van der Waals surface area contributed by atoms with Crippen molar-refractivity contribution in [3.05, 3.63) is 29.1 Å². The second-order valence-corrected chi connectivity index (χ2v) is 8.71. The third-order valence-electron chi connectivity index (χ3n) is 7.21. The van der Waals surface area contributed by atoms with Crippen LogP contribution in [0.15, 0.2) is 12.3 Å². The van der Waals surface area contributed by atoms with Crippen molar-refractivity contribution in [3.63, 3.8) is 0 Å². The fourth-order valence-electron chi connectivity index (χ4n) is 5.56. The molecule has 1 aromatic rings. The first-order valence-electron chi connectivity index (χ1n) is 10.1. The quantitative estimate of drug-likeness (QED) is 0.640. The second kappa shape index (κ2) is 6.29. The number of likely N-dealkylation sites (tertiary alicyclic amines) is 1. The summed E-state index contributed by atoms with van der Waals surface area (Å²) in [6.07, 6.45) is 10.8. The van der Waals surface area contributed by atoms with E-state index in [-0.39, 0.29) is 0 Å². The number of amides is 1. The lowest BCUT2D eigenvalue weighted by molar-refractivity contribution is -0.0820. The molecule has 2 saturated carbocycles. The number of nitrogens with zero attached hydrogens (tertiary/aromatic N) is 3. The minimum atomic E-state index is -0.483. The Kier molecular flexibility index (Phi) is 4.03. The van der Waals surface area contributed by atoms with E-state index in [1.54, 1.807) is 11.7 Å². The second-order valence-electron chi connectivity index (χ2n) is 8.71. The van der Waals surface area contributed by atoms with Crippen LogP contribution in [0, 0.1) is 5.41 Å². The van der Waals surface area contributed by atoms with E-state index in [4.69, 9.17) is 5.21 Å². The number of nitrogens with one attached hydrogen (secondary N) is 1. The molecule has 1 aromatic heterocycles. The van der Waals surface area contributed by atoms with Crippen LogP contribution >= 0.6 is 0 Å². The van der Waals surface area contributed by atoms with E-state index in [2.05, 4.69) is 14.8 Å². The number of hydroxylamine groups is 1. The highest BCUT2D eigenvalue weighted by Gasteiger charge is 2.52. The van der Waals surface area contributed by atoms with E-state index < -0.39 is 5.91 Å². The number of carbonyl (C=O) groups is 1. The Morgan fingerprint density at radius 2 is 2.12 bits per heavy atom. The normalized spacial score (nSPS) is 32.1. The van der Waals surface area contributed by atoms with Gasteiger partial charge in [-0.05, 0) is 68.5 Å². The van der Waals surface area contributed by atoms with Gasteiger partial charge in [0.15, 0.2) is 0 Å². The van der Waals surface area contributed by atoms with Gasteiger partial charge in [-0.3, -0.25) is 24.8 Å². The number of hydrogen-bond acceptors (Lipinski definition) is 5. The molecule has 1 amide bonds. The monoisotopic (exact) mass is 356 g/mol. The van der Waals surface area contributed by atoms with Crippen molar-refractivity contribution < 1.29 is 10.0 Å². The molecule has 1 unspecified atom stereocenters. The summed E-state index contributed by atoms with van der Waals surface area (Å²) < 4.78 is 0. The van der Waals surface area contributed by atoms with Crippen LogP contribution in [0.5, 0.6) is 0 Å². The minimum Gasteiger partial charge on any atom is -0.300 e. The lowest BCUT2D eigenvalue weighted by Crippen LogP contribution is -2.62. The molecule has 2 atom stereocenters. The van der Waals surface area contributed by atoms with Gasteiger partial charge in [0.2, 0.25) is 0 Å². The molecule has 2 aliphatic heterocycles. The summed E-state index contributed by atoms with van der Waals surface area (Å²) in [6, 6.07) is 3.46. The van der Waals surface area contributed by atoms with Crippen molar-refractivity contribution in [2.45, 2.75) is 63.6 Å². The molecule has 0 radical (unpaired) electrons. The van der Waals surface area contributed by atoms with Gasteiger partial charge in [-0.2, -0.15) is 0 Å². The summed E-state index contributed by atoms with van der Waals surface area (Å²) in [5.41, 5.74) is 4.89. The lowest BCUT2D eigenvalue weighted by Gasteiger charge is -2.59. The maximum absolute atomic E-state index is 11.6.